The minimum absolute atomic E-state index is 0.0425. The molecule has 2 aliphatic rings. The van der Waals surface area contributed by atoms with Crippen LogP contribution in [0.2, 0.25) is 0 Å². The topological polar surface area (TPSA) is 110 Å². The maximum atomic E-state index is 12.8. The van der Waals surface area contributed by atoms with E-state index in [0.29, 0.717) is 25.9 Å². The molecule has 0 saturated carbocycles. The fourth-order valence-corrected chi connectivity index (χ4v) is 3.78. The third kappa shape index (κ3) is 4.13. The number of likely N-dealkylation sites (tertiary alicyclic amines) is 2. The number of piperidine rings is 1. The summed E-state index contributed by atoms with van der Waals surface area (Å²) in [5.41, 5.74) is -0.316. The molecule has 0 spiro atoms. The molecule has 0 N–H and O–H groups in total. The van der Waals surface area contributed by atoms with E-state index in [9.17, 15) is 24.5 Å². The molecule has 1 aromatic carbocycles. The van der Waals surface area contributed by atoms with Crippen molar-refractivity contribution in [2.45, 2.75) is 25.7 Å². The number of nitro benzene ring substituents is 1. The highest BCUT2D eigenvalue weighted by Gasteiger charge is 2.32. The van der Waals surface area contributed by atoms with Gasteiger partial charge in [0.05, 0.1) is 17.6 Å². The summed E-state index contributed by atoms with van der Waals surface area (Å²) in [6.07, 6.45) is 3.22. The summed E-state index contributed by atoms with van der Waals surface area (Å²) in [5.74, 6) is -1.06. The molecule has 2 heterocycles. The van der Waals surface area contributed by atoms with Crippen molar-refractivity contribution in [3.05, 3.63) is 39.4 Å². The number of hydrogen-bond donors (Lipinski definition) is 0. The van der Waals surface area contributed by atoms with Gasteiger partial charge in [0.1, 0.15) is 0 Å². The Balaban J connectivity index is 1.70. The molecule has 28 heavy (non-hydrogen) atoms. The number of carbonyl (C=O) groups excluding carboxylic acids is 3. The van der Waals surface area contributed by atoms with Crippen LogP contribution in [0.4, 0.5) is 5.69 Å². The van der Waals surface area contributed by atoms with E-state index in [1.54, 1.807) is 4.90 Å². The van der Waals surface area contributed by atoms with Crippen LogP contribution in [0.25, 0.3) is 0 Å². The molecule has 2 fully saturated rings. The average Bonchev–Trinajstić information content (AvgIpc) is 3.26. The average molecular weight is 389 g/mol. The molecular weight excluding hydrogens is 366 g/mol. The Morgan fingerprint density at radius 3 is 2.18 bits per heavy atom. The fourth-order valence-electron chi connectivity index (χ4n) is 3.78. The number of nitro groups is 1. The molecule has 150 valence electrons. The third-order valence-electron chi connectivity index (χ3n) is 5.35. The van der Waals surface area contributed by atoms with Crippen molar-refractivity contribution in [1.82, 2.24) is 9.80 Å². The molecule has 1 aromatic rings. The van der Waals surface area contributed by atoms with Crippen molar-refractivity contribution in [1.29, 1.82) is 0 Å². The maximum Gasteiger partial charge on any atom is 0.338 e. The molecule has 0 aliphatic carbocycles. The van der Waals surface area contributed by atoms with Gasteiger partial charge >= 0.3 is 5.97 Å². The summed E-state index contributed by atoms with van der Waals surface area (Å²) in [6.45, 7) is 2.42. The van der Waals surface area contributed by atoms with Gasteiger partial charge in [-0.15, -0.1) is 0 Å². The first kappa shape index (κ1) is 19.8. The van der Waals surface area contributed by atoms with Crippen LogP contribution in [0.15, 0.2) is 18.2 Å². The molecule has 0 radical (unpaired) electrons. The van der Waals surface area contributed by atoms with Crippen LogP contribution in [0, 0.1) is 16.0 Å². The van der Waals surface area contributed by atoms with Crippen LogP contribution in [-0.2, 0) is 9.53 Å². The minimum atomic E-state index is -0.743. The standard InChI is InChI=1S/C19H23N3O6/c1-28-19(25)15-10-14(11-16(12-15)22(26)27)18(24)21-8-4-13(5-9-21)17(23)20-6-2-3-7-20/h10-13H,2-9H2,1H3. The molecule has 0 atom stereocenters. The molecule has 2 amide bonds. The first-order chi connectivity index (χ1) is 13.4. The zero-order chi connectivity index (χ0) is 20.3. The lowest BCUT2D eigenvalue weighted by Gasteiger charge is -2.33. The van der Waals surface area contributed by atoms with Crippen molar-refractivity contribution in [3.63, 3.8) is 0 Å². The predicted octanol–water partition coefficient (Wildman–Crippen LogP) is 1.86. The zero-order valence-corrected chi connectivity index (χ0v) is 15.8. The predicted molar refractivity (Wildman–Crippen MR) is 98.9 cm³/mol. The smallest absolute Gasteiger partial charge is 0.338 e. The van der Waals surface area contributed by atoms with E-state index in [0.717, 1.165) is 38.1 Å². The van der Waals surface area contributed by atoms with Gasteiger partial charge in [0.25, 0.3) is 11.6 Å². The molecule has 2 saturated heterocycles. The second kappa shape index (κ2) is 8.37. The lowest BCUT2D eigenvalue weighted by molar-refractivity contribution is -0.384. The number of non-ortho nitro benzene ring substituents is 1. The Kier molecular flexibility index (Phi) is 5.91. The van der Waals surface area contributed by atoms with E-state index in [4.69, 9.17) is 0 Å². The lowest BCUT2D eigenvalue weighted by Crippen LogP contribution is -2.43. The Morgan fingerprint density at radius 1 is 1.00 bits per heavy atom. The summed E-state index contributed by atoms with van der Waals surface area (Å²) in [5, 5.41) is 11.1. The number of nitrogens with zero attached hydrogens (tertiary/aromatic N) is 3. The van der Waals surface area contributed by atoms with E-state index in [1.165, 1.54) is 13.2 Å². The minimum Gasteiger partial charge on any atom is -0.465 e. The van der Waals surface area contributed by atoms with Crippen molar-refractivity contribution in [3.8, 4) is 0 Å². The summed E-state index contributed by atoms with van der Waals surface area (Å²) in [6, 6.07) is 3.56. The molecule has 0 unspecified atom stereocenters. The van der Waals surface area contributed by atoms with Gasteiger partial charge in [0.15, 0.2) is 0 Å². The Bertz CT molecular complexity index is 795. The normalized spacial score (nSPS) is 17.5. The van der Waals surface area contributed by atoms with Crippen molar-refractivity contribution in [2.75, 3.05) is 33.3 Å². The third-order valence-corrected chi connectivity index (χ3v) is 5.35. The van der Waals surface area contributed by atoms with E-state index < -0.39 is 10.9 Å². The number of benzene rings is 1. The van der Waals surface area contributed by atoms with Crippen LogP contribution in [0.1, 0.15) is 46.4 Å². The van der Waals surface area contributed by atoms with Crippen molar-refractivity contribution >= 4 is 23.5 Å². The van der Waals surface area contributed by atoms with Gasteiger partial charge in [-0.2, -0.15) is 0 Å². The van der Waals surface area contributed by atoms with Crippen LogP contribution < -0.4 is 0 Å². The van der Waals surface area contributed by atoms with Crippen LogP contribution in [-0.4, -0.2) is 65.8 Å². The van der Waals surface area contributed by atoms with Crippen molar-refractivity contribution < 1.29 is 24.0 Å². The Morgan fingerprint density at radius 2 is 1.61 bits per heavy atom. The molecule has 9 nitrogen and oxygen atoms in total. The number of hydrogen-bond acceptors (Lipinski definition) is 6. The van der Waals surface area contributed by atoms with Crippen LogP contribution >= 0.6 is 0 Å². The highest BCUT2D eigenvalue weighted by Crippen LogP contribution is 2.25. The number of methoxy groups -OCH3 is 1. The summed E-state index contributed by atoms with van der Waals surface area (Å²) < 4.78 is 4.61. The molecule has 2 aliphatic heterocycles. The molecule has 9 heteroatoms. The van der Waals surface area contributed by atoms with E-state index in [1.807, 2.05) is 4.90 Å². The number of amides is 2. The Labute approximate surface area is 162 Å². The van der Waals surface area contributed by atoms with Gasteiger partial charge in [-0.3, -0.25) is 19.7 Å². The van der Waals surface area contributed by atoms with E-state index in [-0.39, 0.29) is 34.5 Å². The SMILES string of the molecule is COC(=O)c1cc(C(=O)N2CCC(C(=O)N3CCCC3)CC2)cc([N+](=O)[O-])c1. The molecule has 3 rings (SSSR count). The monoisotopic (exact) mass is 389 g/mol. The van der Waals surface area contributed by atoms with E-state index >= 15 is 0 Å². The van der Waals surface area contributed by atoms with Gasteiger partial charge in [-0.1, -0.05) is 0 Å². The first-order valence-electron chi connectivity index (χ1n) is 9.36. The largest absolute Gasteiger partial charge is 0.465 e. The highest BCUT2D eigenvalue weighted by molar-refractivity contribution is 5.99. The zero-order valence-electron chi connectivity index (χ0n) is 15.8. The van der Waals surface area contributed by atoms with Gasteiger partial charge in [0, 0.05) is 49.8 Å². The maximum absolute atomic E-state index is 12.8. The molecular formula is C19H23N3O6. The molecule has 0 aromatic heterocycles. The van der Waals surface area contributed by atoms with Crippen molar-refractivity contribution in [2.24, 2.45) is 5.92 Å². The summed E-state index contributed by atoms with van der Waals surface area (Å²) >= 11 is 0. The van der Waals surface area contributed by atoms with Gasteiger partial charge in [0.2, 0.25) is 5.91 Å². The van der Waals surface area contributed by atoms with E-state index in [2.05, 4.69) is 4.74 Å². The van der Waals surface area contributed by atoms with Gasteiger partial charge in [-0.25, -0.2) is 4.79 Å². The number of esters is 1. The van der Waals surface area contributed by atoms with Crippen LogP contribution in [0.5, 0.6) is 0 Å². The fraction of sp³-hybridized carbons (Fsp3) is 0.526. The quantitative estimate of drug-likeness (QED) is 0.442. The van der Waals surface area contributed by atoms with Gasteiger partial charge < -0.3 is 14.5 Å². The highest BCUT2D eigenvalue weighted by atomic mass is 16.6. The number of ether oxygens (including phenoxy) is 1. The molecule has 0 bridgehead atoms. The van der Waals surface area contributed by atoms with Crippen LogP contribution in [0.3, 0.4) is 0 Å². The summed E-state index contributed by atoms with van der Waals surface area (Å²) in [4.78, 5) is 51.1. The second-order valence-electron chi connectivity index (χ2n) is 7.12. The number of rotatable bonds is 4. The summed E-state index contributed by atoms with van der Waals surface area (Å²) in [7, 11) is 1.17. The lowest BCUT2D eigenvalue weighted by atomic mass is 9.94. The number of carbonyl (C=O) groups is 3. The second-order valence-corrected chi connectivity index (χ2v) is 7.12. The van der Waals surface area contributed by atoms with Gasteiger partial charge in [-0.05, 0) is 31.7 Å². The first-order valence-corrected chi connectivity index (χ1v) is 9.36. The Hall–Kier alpha value is -2.97.